The molecular formula is C10H15N3O3S. The smallest absolute Gasteiger partial charge is 0.246 e. The van der Waals surface area contributed by atoms with E-state index in [1.807, 2.05) is 0 Å². The molecule has 2 aliphatic rings. The lowest BCUT2D eigenvalue weighted by atomic mass is 10.4. The lowest BCUT2D eigenvalue weighted by molar-refractivity contribution is 0.390. The molecule has 0 bridgehead atoms. The van der Waals surface area contributed by atoms with Gasteiger partial charge in [-0.1, -0.05) is 5.16 Å². The molecule has 94 valence electrons. The fourth-order valence-electron chi connectivity index (χ4n) is 2.69. The van der Waals surface area contributed by atoms with Crippen molar-refractivity contribution in [1.82, 2.24) is 15.2 Å². The lowest BCUT2D eigenvalue weighted by Crippen LogP contribution is -2.33. The van der Waals surface area contributed by atoms with E-state index >= 15 is 0 Å². The highest BCUT2D eigenvalue weighted by Gasteiger charge is 2.54. The molecule has 0 amide bonds. The van der Waals surface area contributed by atoms with Crippen LogP contribution in [0.25, 0.3) is 0 Å². The number of hydrogen-bond donors (Lipinski definition) is 2. The molecule has 3 rings (SSSR count). The molecule has 6 nitrogen and oxygen atoms in total. The van der Waals surface area contributed by atoms with E-state index in [2.05, 4.69) is 15.2 Å². The number of aryl methyl sites for hydroxylation is 2. The van der Waals surface area contributed by atoms with E-state index in [0.717, 1.165) is 13.1 Å². The molecule has 2 unspecified atom stereocenters. The second-order valence-corrected chi connectivity index (χ2v) is 6.44. The summed E-state index contributed by atoms with van der Waals surface area (Å²) in [6.07, 6.45) is 0. The highest BCUT2D eigenvalue weighted by molar-refractivity contribution is 7.89. The minimum Gasteiger partial charge on any atom is -0.360 e. The van der Waals surface area contributed by atoms with Crippen molar-refractivity contribution < 1.29 is 12.9 Å². The van der Waals surface area contributed by atoms with Gasteiger partial charge in [0.05, 0.1) is 0 Å². The summed E-state index contributed by atoms with van der Waals surface area (Å²) in [7, 11) is -3.49. The Morgan fingerprint density at radius 1 is 1.35 bits per heavy atom. The van der Waals surface area contributed by atoms with Gasteiger partial charge in [0.25, 0.3) is 0 Å². The van der Waals surface area contributed by atoms with Crippen molar-refractivity contribution in [2.75, 3.05) is 13.1 Å². The SMILES string of the molecule is Cc1noc(C)c1S(=O)(=O)NC1C2CNCC21. The summed E-state index contributed by atoms with van der Waals surface area (Å²) in [6.45, 7) is 5.06. The van der Waals surface area contributed by atoms with Crippen molar-refractivity contribution in [1.29, 1.82) is 0 Å². The predicted octanol–water partition coefficient (Wildman–Crippen LogP) is -0.212. The number of nitrogens with zero attached hydrogens (tertiary/aromatic N) is 1. The van der Waals surface area contributed by atoms with Gasteiger partial charge in [-0.05, 0) is 38.8 Å². The minimum atomic E-state index is -3.49. The molecule has 17 heavy (non-hydrogen) atoms. The first-order valence-electron chi connectivity index (χ1n) is 5.66. The Balaban J connectivity index is 1.83. The number of nitrogens with one attached hydrogen (secondary N) is 2. The van der Waals surface area contributed by atoms with Gasteiger partial charge in [-0.3, -0.25) is 0 Å². The largest absolute Gasteiger partial charge is 0.360 e. The third kappa shape index (κ3) is 1.69. The van der Waals surface area contributed by atoms with Crippen molar-refractivity contribution in [2.45, 2.75) is 24.8 Å². The van der Waals surface area contributed by atoms with Crippen LogP contribution in [-0.4, -0.2) is 32.7 Å². The van der Waals surface area contributed by atoms with Gasteiger partial charge in [0.15, 0.2) is 5.76 Å². The highest BCUT2D eigenvalue weighted by Crippen LogP contribution is 2.42. The second-order valence-electron chi connectivity index (χ2n) is 4.79. The number of aromatic nitrogens is 1. The molecule has 2 heterocycles. The Labute approximate surface area is 99.8 Å². The first-order chi connectivity index (χ1) is 8.00. The van der Waals surface area contributed by atoms with Crippen LogP contribution in [-0.2, 0) is 10.0 Å². The number of piperidine rings is 1. The van der Waals surface area contributed by atoms with E-state index in [1.54, 1.807) is 13.8 Å². The van der Waals surface area contributed by atoms with Crippen LogP contribution in [0.15, 0.2) is 9.42 Å². The molecule has 2 fully saturated rings. The zero-order chi connectivity index (χ0) is 12.2. The average molecular weight is 257 g/mol. The molecular weight excluding hydrogens is 242 g/mol. The van der Waals surface area contributed by atoms with Crippen LogP contribution in [0.4, 0.5) is 0 Å². The molecule has 1 saturated heterocycles. The summed E-state index contributed by atoms with van der Waals surface area (Å²) >= 11 is 0. The van der Waals surface area contributed by atoms with E-state index in [0.29, 0.717) is 23.3 Å². The van der Waals surface area contributed by atoms with Crippen LogP contribution in [0.5, 0.6) is 0 Å². The molecule has 1 aliphatic carbocycles. The van der Waals surface area contributed by atoms with Gasteiger partial charge >= 0.3 is 0 Å². The van der Waals surface area contributed by atoms with Crippen molar-refractivity contribution in [2.24, 2.45) is 11.8 Å². The molecule has 7 heteroatoms. The summed E-state index contributed by atoms with van der Waals surface area (Å²) in [6, 6.07) is 0.0787. The number of hydrogen-bond acceptors (Lipinski definition) is 5. The zero-order valence-corrected chi connectivity index (χ0v) is 10.5. The van der Waals surface area contributed by atoms with Crippen LogP contribution in [0.3, 0.4) is 0 Å². The van der Waals surface area contributed by atoms with Crippen LogP contribution in [0.2, 0.25) is 0 Å². The summed E-state index contributed by atoms with van der Waals surface area (Å²) in [5, 5.41) is 6.91. The topological polar surface area (TPSA) is 84.2 Å². The number of sulfonamides is 1. The van der Waals surface area contributed by atoms with Gasteiger partial charge in [0.2, 0.25) is 10.0 Å². The first kappa shape index (κ1) is 11.2. The zero-order valence-electron chi connectivity index (χ0n) is 9.73. The van der Waals surface area contributed by atoms with Gasteiger partial charge in [0.1, 0.15) is 10.6 Å². The fourth-order valence-corrected chi connectivity index (χ4v) is 4.36. The van der Waals surface area contributed by atoms with Gasteiger partial charge in [-0.15, -0.1) is 0 Å². The lowest BCUT2D eigenvalue weighted by Gasteiger charge is -2.08. The van der Waals surface area contributed by atoms with E-state index in [9.17, 15) is 8.42 Å². The molecule has 0 radical (unpaired) electrons. The van der Waals surface area contributed by atoms with Crippen LogP contribution in [0, 0.1) is 25.7 Å². The molecule has 1 aliphatic heterocycles. The maximum absolute atomic E-state index is 12.2. The maximum atomic E-state index is 12.2. The second kappa shape index (κ2) is 3.54. The third-order valence-corrected chi connectivity index (χ3v) is 5.32. The van der Waals surface area contributed by atoms with E-state index in [-0.39, 0.29) is 10.9 Å². The number of fused-ring (bicyclic) bond motifs is 1. The number of rotatable bonds is 3. The standard InChI is InChI=1S/C10H15N3O3S/c1-5-10(6(2)16-12-5)17(14,15)13-9-7-3-11-4-8(7)9/h7-9,11,13H,3-4H2,1-2H3. The molecule has 2 N–H and O–H groups in total. The van der Waals surface area contributed by atoms with Crippen molar-refractivity contribution in [3.05, 3.63) is 11.5 Å². The van der Waals surface area contributed by atoms with Crippen molar-refractivity contribution in [3.63, 3.8) is 0 Å². The molecule has 1 aromatic rings. The van der Waals surface area contributed by atoms with Gasteiger partial charge < -0.3 is 9.84 Å². The minimum absolute atomic E-state index is 0.0787. The quantitative estimate of drug-likeness (QED) is 0.782. The summed E-state index contributed by atoms with van der Waals surface area (Å²) in [5.41, 5.74) is 0.416. The Morgan fingerprint density at radius 2 is 2.00 bits per heavy atom. The average Bonchev–Trinajstić information content (AvgIpc) is 2.68. The molecule has 1 aromatic heterocycles. The molecule has 2 atom stereocenters. The molecule has 0 aromatic carbocycles. The maximum Gasteiger partial charge on any atom is 0.246 e. The Hall–Kier alpha value is -0.920. The Morgan fingerprint density at radius 3 is 2.53 bits per heavy atom. The van der Waals surface area contributed by atoms with Gasteiger partial charge in [-0.25, -0.2) is 13.1 Å². The monoisotopic (exact) mass is 257 g/mol. The van der Waals surface area contributed by atoms with Crippen LogP contribution < -0.4 is 10.0 Å². The van der Waals surface area contributed by atoms with E-state index in [4.69, 9.17) is 4.52 Å². The van der Waals surface area contributed by atoms with Crippen molar-refractivity contribution >= 4 is 10.0 Å². The normalized spacial score (nSPS) is 31.5. The van der Waals surface area contributed by atoms with Crippen molar-refractivity contribution in [3.8, 4) is 0 Å². The Kier molecular flexibility index (Phi) is 2.33. The van der Waals surface area contributed by atoms with E-state index < -0.39 is 10.0 Å². The molecule has 0 spiro atoms. The van der Waals surface area contributed by atoms with Gasteiger partial charge in [-0.2, -0.15) is 0 Å². The highest BCUT2D eigenvalue weighted by atomic mass is 32.2. The summed E-state index contributed by atoms with van der Waals surface area (Å²) < 4.78 is 32.0. The first-order valence-corrected chi connectivity index (χ1v) is 7.15. The van der Waals surface area contributed by atoms with Crippen LogP contribution >= 0.6 is 0 Å². The summed E-state index contributed by atoms with van der Waals surface area (Å²) in [4.78, 5) is 0.190. The predicted molar refractivity (Wildman–Crippen MR) is 59.9 cm³/mol. The summed E-state index contributed by atoms with van der Waals surface area (Å²) in [5.74, 6) is 1.24. The Bertz CT molecular complexity index is 522. The van der Waals surface area contributed by atoms with E-state index in [1.165, 1.54) is 0 Å². The van der Waals surface area contributed by atoms with Gasteiger partial charge in [0, 0.05) is 6.04 Å². The fraction of sp³-hybridized carbons (Fsp3) is 0.700. The van der Waals surface area contributed by atoms with Crippen LogP contribution in [0.1, 0.15) is 11.5 Å². The third-order valence-electron chi connectivity index (χ3n) is 3.62. The molecule has 1 saturated carbocycles.